The van der Waals surface area contributed by atoms with Crippen LogP contribution in [0.2, 0.25) is 0 Å². The summed E-state index contributed by atoms with van der Waals surface area (Å²) in [6.45, 7) is 3.81. The van der Waals surface area contributed by atoms with E-state index in [2.05, 4.69) is 25.2 Å². The van der Waals surface area contributed by atoms with E-state index >= 15 is 0 Å². The van der Waals surface area contributed by atoms with Gasteiger partial charge in [-0.2, -0.15) is 0 Å². The second-order valence-electron chi connectivity index (χ2n) is 6.49. The molecule has 1 fully saturated rings. The van der Waals surface area contributed by atoms with Crippen LogP contribution < -0.4 is 15.9 Å². The molecule has 3 heterocycles. The Hall–Kier alpha value is -3.44. The maximum Gasteiger partial charge on any atom is 0.331 e. The van der Waals surface area contributed by atoms with Crippen LogP contribution in [0.3, 0.4) is 0 Å². The third kappa shape index (κ3) is 3.97. The number of anilines is 2. The van der Waals surface area contributed by atoms with Gasteiger partial charge >= 0.3 is 5.97 Å². The summed E-state index contributed by atoms with van der Waals surface area (Å²) in [5.74, 6) is -0.903. The van der Waals surface area contributed by atoms with Crippen LogP contribution in [0.1, 0.15) is 10.4 Å². The molecule has 1 aromatic carbocycles. The normalized spacial score (nSPS) is 16.5. The van der Waals surface area contributed by atoms with Crippen LogP contribution in [0, 0.1) is 13.8 Å². The highest BCUT2D eigenvalue weighted by molar-refractivity contribution is 8.19. The van der Waals surface area contributed by atoms with Crippen LogP contribution in [-0.2, 0) is 14.3 Å². The molecule has 1 amide bonds. The number of H-pyrrole nitrogens is 1. The van der Waals surface area contributed by atoms with E-state index in [1.54, 1.807) is 24.3 Å². The largest absolute Gasteiger partial charge is 0.466 e. The van der Waals surface area contributed by atoms with E-state index in [-0.39, 0.29) is 21.6 Å². The smallest absolute Gasteiger partial charge is 0.331 e. The summed E-state index contributed by atoms with van der Waals surface area (Å²) in [5.41, 5.74) is 3.94. The standard InChI is InChI=1S/C20H17N5O4S2/c1-10-11(2)30-17-15(10)16(27)21-19(22-17)23-24-20-25(12-7-5-4-6-8-12)18(28)13(31-20)9-14(26)29-3/h4-9H,1-3H3,(H2,21,22,23,27)/b13-9-,24-20+. The number of benzene rings is 1. The SMILES string of the molecule is COC(=O)/C=C1\S/C(=N/Nc2nc3sc(C)c(C)c3c(=O)[nH]2)N(c2ccccc2)C1=O. The molecule has 11 heteroatoms. The summed E-state index contributed by atoms with van der Waals surface area (Å²) >= 11 is 2.43. The van der Waals surface area contributed by atoms with Crippen LogP contribution >= 0.6 is 23.1 Å². The van der Waals surface area contributed by atoms with Crippen molar-refractivity contribution in [2.75, 3.05) is 17.4 Å². The van der Waals surface area contributed by atoms with E-state index in [1.165, 1.54) is 23.3 Å². The van der Waals surface area contributed by atoms with Gasteiger partial charge in [0.2, 0.25) is 5.95 Å². The summed E-state index contributed by atoms with van der Waals surface area (Å²) < 4.78 is 4.63. The number of hydrogen-bond acceptors (Lipinski definition) is 9. The van der Waals surface area contributed by atoms with Crippen molar-refractivity contribution < 1.29 is 14.3 Å². The molecule has 9 nitrogen and oxygen atoms in total. The second kappa shape index (κ2) is 8.36. The zero-order chi connectivity index (χ0) is 22.1. The van der Waals surface area contributed by atoms with Crippen LogP contribution in [-0.4, -0.2) is 34.1 Å². The number of aromatic nitrogens is 2. The average Bonchev–Trinajstić information content (AvgIpc) is 3.22. The number of nitrogens with zero attached hydrogens (tertiary/aromatic N) is 3. The fraction of sp³-hybridized carbons (Fsp3) is 0.150. The molecule has 0 spiro atoms. The van der Waals surface area contributed by atoms with Gasteiger partial charge in [-0.05, 0) is 43.3 Å². The number of aryl methyl sites for hydroxylation is 2. The Kier molecular flexibility index (Phi) is 5.61. The van der Waals surface area contributed by atoms with Crippen LogP contribution in [0.25, 0.3) is 10.2 Å². The molecule has 31 heavy (non-hydrogen) atoms. The first-order valence-corrected chi connectivity index (χ1v) is 10.7. The number of amidine groups is 1. The molecule has 1 aliphatic heterocycles. The van der Waals surface area contributed by atoms with Gasteiger partial charge in [0, 0.05) is 11.0 Å². The molecular weight excluding hydrogens is 438 g/mol. The summed E-state index contributed by atoms with van der Waals surface area (Å²) in [5, 5.41) is 5.10. The Bertz CT molecular complexity index is 1310. The number of carbonyl (C=O) groups is 2. The van der Waals surface area contributed by atoms with E-state index in [4.69, 9.17) is 0 Å². The minimum atomic E-state index is -0.641. The molecule has 0 unspecified atom stereocenters. The summed E-state index contributed by atoms with van der Waals surface area (Å²) in [4.78, 5) is 47.2. The second-order valence-corrected chi connectivity index (χ2v) is 8.71. The van der Waals surface area contributed by atoms with Crippen molar-refractivity contribution in [1.82, 2.24) is 9.97 Å². The summed E-state index contributed by atoms with van der Waals surface area (Å²) in [6, 6.07) is 8.90. The highest BCUT2D eigenvalue weighted by Gasteiger charge is 2.35. The number of fused-ring (bicyclic) bond motifs is 1. The molecule has 0 aliphatic carbocycles. The number of methoxy groups -OCH3 is 1. The Morgan fingerprint density at radius 3 is 2.71 bits per heavy atom. The third-order valence-electron chi connectivity index (χ3n) is 4.57. The predicted molar refractivity (Wildman–Crippen MR) is 122 cm³/mol. The lowest BCUT2D eigenvalue weighted by Gasteiger charge is -2.15. The Balaban J connectivity index is 1.71. The van der Waals surface area contributed by atoms with Gasteiger partial charge in [0.05, 0.1) is 23.1 Å². The van der Waals surface area contributed by atoms with Gasteiger partial charge < -0.3 is 4.74 Å². The molecule has 0 atom stereocenters. The molecule has 0 bridgehead atoms. The van der Waals surface area contributed by atoms with Crippen molar-refractivity contribution in [3.8, 4) is 0 Å². The minimum absolute atomic E-state index is 0.151. The molecule has 1 saturated heterocycles. The fourth-order valence-electron chi connectivity index (χ4n) is 2.93. The number of carbonyl (C=O) groups excluding carboxylic acids is 2. The number of amides is 1. The lowest BCUT2D eigenvalue weighted by Crippen LogP contribution is -2.29. The van der Waals surface area contributed by atoms with Crippen molar-refractivity contribution in [1.29, 1.82) is 0 Å². The van der Waals surface area contributed by atoms with Gasteiger partial charge in [0.1, 0.15) is 4.83 Å². The molecule has 0 saturated carbocycles. The van der Waals surface area contributed by atoms with Crippen molar-refractivity contribution in [2.24, 2.45) is 5.10 Å². The minimum Gasteiger partial charge on any atom is -0.466 e. The van der Waals surface area contributed by atoms with Crippen LogP contribution in [0.4, 0.5) is 11.6 Å². The predicted octanol–water partition coefficient (Wildman–Crippen LogP) is 3.12. The van der Waals surface area contributed by atoms with Crippen molar-refractivity contribution in [3.63, 3.8) is 0 Å². The molecule has 1 aliphatic rings. The number of rotatable bonds is 4. The quantitative estimate of drug-likeness (QED) is 0.353. The fourth-order valence-corrected chi connectivity index (χ4v) is 4.86. The number of aromatic amines is 1. The molecule has 2 N–H and O–H groups in total. The van der Waals surface area contributed by atoms with E-state index in [1.807, 2.05) is 19.9 Å². The number of ether oxygens (including phenoxy) is 1. The monoisotopic (exact) mass is 455 g/mol. The number of hydrazone groups is 1. The average molecular weight is 456 g/mol. The van der Waals surface area contributed by atoms with Gasteiger partial charge in [-0.3, -0.25) is 19.5 Å². The first kappa shape index (κ1) is 20.8. The molecular formula is C20H17N5O4S2. The van der Waals surface area contributed by atoms with Gasteiger partial charge in [0.15, 0.2) is 5.17 Å². The lowest BCUT2D eigenvalue weighted by atomic mass is 10.2. The number of hydrogen-bond donors (Lipinski definition) is 2. The molecule has 3 aromatic rings. The maximum absolute atomic E-state index is 12.9. The van der Waals surface area contributed by atoms with E-state index < -0.39 is 11.9 Å². The number of thioether (sulfide) groups is 1. The molecule has 0 radical (unpaired) electrons. The van der Waals surface area contributed by atoms with Crippen molar-refractivity contribution in [3.05, 3.63) is 62.1 Å². The topological polar surface area (TPSA) is 117 Å². The van der Waals surface area contributed by atoms with Crippen LogP contribution in [0.5, 0.6) is 0 Å². The molecule has 4 rings (SSSR count). The number of nitrogens with one attached hydrogen (secondary N) is 2. The zero-order valence-electron chi connectivity index (χ0n) is 16.8. The van der Waals surface area contributed by atoms with Crippen LogP contribution in [0.15, 0.2) is 51.2 Å². The summed E-state index contributed by atoms with van der Waals surface area (Å²) in [6.07, 6.45) is 1.12. The maximum atomic E-state index is 12.9. The van der Waals surface area contributed by atoms with E-state index in [9.17, 15) is 14.4 Å². The highest BCUT2D eigenvalue weighted by atomic mass is 32.2. The van der Waals surface area contributed by atoms with Crippen molar-refractivity contribution in [2.45, 2.75) is 13.8 Å². The number of thiophene rings is 1. The molecule has 2 aromatic heterocycles. The van der Waals surface area contributed by atoms with E-state index in [0.717, 1.165) is 28.3 Å². The van der Waals surface area contributed by atoms with Crippen molar-refractivity contribution >= 4 is 62.0 Å². The lowest BCUT2D eigenvalue weighted by molar-refractivity contribution is -0.135. The van der Waals surface area contributed by atoms with Gasteiger partial charge in [-0.25, -0.2) is 15.2 Å². The summed E-state index contributed by atoms with van der Waals surface area (Å²) in [7, 11) is 1.24. The Morgan fingerprint density at radius 1 is 1.26 bits per heavy atom. The van der Waals surface area contributed by atoms with Gasteiger partial charge in [-0.1, -0.05) is 18.2 Å². The van der Waals surface area contributed by atoms with Gasteiger partial charge in [0.25, 0.3) is 11.5 Å². The number of para-hydroxylation sites is 1. The first-order valence-electron chi connectivity index (χ1n) is 9.09. The molecule has 158 valence electrons. The Labute approximate surface area is 184 Å². The van der Waals surface area contributed by atoms with E-state index in [0.29, 0.717) is 15.9 Å². The highest BCUT2D eigenvalue weighted by Crippen LogP contribution is 2.34. The zero-order valence-corrected chi connectivity index (χ0v) is 18.4. The first-order chi connectivity index (χ1) is 14.9. The Morgan fingerprint density at radius 2 is 2.00 bits per heavy atom. The third-order valence-corrected chi connectivity index (χ3v) is 6.64. The number of esters is 1. The van der Waals surface area contributed by atoms with Gasteiger partial charge in [-0.15, -0.1) is 16.4 Å².